The maximum absolute atomic E-state index is 13.3. The number of carbonyl (C=O) groups excluding carboxylic acids is 2. The number of halogens is 1. The number of methoxy groups -OCH3 is 1. The number of benzene rings is 1. The van der Waals surface area contributed by atoms with Gasteiger partial charge < -0.3 is 14.8 Å². The molecule has 1 rings (SSSR count). The lowest BCUT2D eigenvalue weighted by molar-refractivity contribution is -0.146. The van der Waals surface area contributed by atoms with Gasteiger partial charge in [0.25, 0.3) is 5.91 Å². The van der Waals surface area contributed by atoms with Crippen molar-refractivity contribution in [3.05, 3.63) is 30.1 Å². The molecule has 6 heteroatoms. The zero-order chi connectivity index (χ0) is 15.8. The number of para-hydroxylation sites is 1. The summed E-state index contributed by atoms with van der Waals surface area (Å²) in [6, 6.07) is 5.06. The Bertz CT molecular complexity index is 492. The number of nitrogens with one attached hydrogen (secondary N) is 1. The molecule has 1 amide bonds. The molecule has 0 aliphatic carbocycles. The van der Waals surface area contributed by atoms with Crippen LogP contribution in [0.4, 0.5) is 4.39 Å². The molecule has 0 saturated heterocycles. The van der Waals surface area contributed by atoms with Gasteiger partial charge in [-0.05, 0) is 18.1 Å². The highest BCUT2D eigenvalue weighted by molar-refractivity contribution is 5.85. The first kappa shape index (κ1) is 16.9. The van der Waals surface area contributed by atoms with E-state index in [4.69, 9.17) is 4.74 Å². The maximum Gasteiger partial charge on any atom is 0.328 e. The first-order chi connectivity index (χ1) is 9.99. The number of hydrogen-bond donors (Lipinski definition) is 1. The Kier molecular flexibility index (Phi) is 6.65. The van der Waals surface area contributed by atoms with E-state index in [2.05, 4.69) is 10.1 Å². The zero-order valence-electron chi connectivity index (χ0n) is 12.4. The topological polar surface area (TPSA) is 64.6 Å². The van der Waals surface area contributed by atoms with E-state index in [1.54, 1.807) is 6.07 Å². The summed E-state index contributed by atoms with van der Waals surface area (Å²) in [5, 5.41) is 2.55. The molecule has 0 fully saturated rings. The second-order valence-electron chi connectivity index (χ2n) is 4.67. The highest BCUT2D eigenvalue weighted by atomic mass is 19.1. The number of ether oxygens (including phenoxy) is 2. The molecule has 0 aliphatic heterocycles. The Morgan fingerprint density at radius 3 is 2.57 bits per heavy atom. The third kappa shape index (κ3) is 5.06. The monoisotopic (exact) mass is 297 g/mol. The Hall–Kier alpha value is -2.11. The second-order valence-corrected chi connectivity index (χ2v) is 4.67. The largest absolute Gasteiger partial charge is 0.481 e. The Balaban J connectivity index is 2.58. The molecule has 0 radical (unpaired) electrons. The molecule has 0 unspecified atom stereocenters. The number of hydrogen-bond acceptors (Lipinski definition) is 4. The summed E-state index contributed by atoms with van der Waals surface area (Å²) >= 11 is 0. The standard InChI is InChI=1S/C15H20FNO4/c1-4-10(2)14(15(19)20-3)17-13(18)9-21-12-8-6-5-7-11(12)16/h5-8,10,14H,4,9H2,1-3H3,(H,17,18)/t10-,14+/m0/s1. The molecule has 1 N–H and O–H groups in total. The van der Waals surface area contributed by atoms with Crippen LogP contribution in [0.25, 0.3) is 0 Å². The normalized spacial score (nSPS) is 13.1. The van der Waals surface area contributed by atoms with Crippen molar-refractivity contribution in [3.63, 3.8) is 0 Å². The van der Waals surface area contributed by atoms with Gasteiger partial charge in [0.15, 0.2) is 18.2 Å². The average molecular weight is 297 g/mol. The Labute approximate surface area is 123 Å². The minimum atomic E-state index is -0.739. The van der Waals surface area contributed by atoms with E-state index in [1.807, 2.05) is 13.8 Å². The smallest absolute Gasteiger partial charge is 0.328 e. The lowest BCUT2D eigenvalue weighted by Gasteiger charge is -2.21. The van der Waals surface area contributed by atoms with Crippen LogP contribution in [0.5, 0.6) is 5.75 Å². The van der Waals surface area contributed by atoms with Crippen molar-refractivity contribution in [1.29, 1.82) is 0 Å². The van der Waals surface area contributed by atoms with E-state index in [0.717, 1.165) is 0 Å². The van der Waals surface area contributed by atoms with Crippen LogP contribution in [0, 0.1) is 11.7 Å². The SMILES string of the molecule is CC[C@H](C)[C@@H](NC(=O)COc1ccccc1F)C(=O)OC. The van der Waals surface area contributed by atoms with Crippen molar-refractivity contribution in [1.82, 2.24) is 5.32 Å². The Morgan fingerprint density at radius 1 is 1.33 bits per heavy atom. The van der Waals surface area contributed by atoms with Gasteiger partial charge in [0.05, 0.1) is 7.11 Å². The minimum absolute atomic E-state index is 0.00851. The van der Waals surface area contributed by atoms with E-state index >= 15 is 0 Å². The van der Waals surface area contributed by atoms with Crippen LogP contribution in [0.15, 0.2) is 24.3 Å². The summed E-state index contributed by atoms with van der Waals surface area (Å²) in [6.07, 6.45) is 0.703. The number of amides is 1. The summed E-state index contributed by atoms with van der Waals surface area (Å²) in [5.74, 6) is -1.64. The van der Waals surface area contributed by atoms with Gasteiger partial charge in [0, 0.05) is 0 Å². The number of esters is 1. The van der Waals surface area contributed by atoms with Crippen molar-refractivity contribution in [2.24, 2.45) is 5.92 Å². The summed E-state index contributed by atoms with van der Waals surface area (Å²) in [5.41, 5.74) is 0. The number of carbonyl (C=O) groups is 2. The van der Waals surface area contributed by atoms with E-state index in [-0.39, 0.29) is 18.3 Å². The summed E-state index contributed by atoms with van der Waals surface area (Å²) in [7, 11) is 1.26. The summed E-state index contributed by atoms with van der Waals surface area (Å²) < 4.78 is 23.1. The van der Waals surface area contributed by atoms with Crippen molar-refractivity contribution >= 4 is 11.9 Å². The molecular weight excluding hydrogens is 277 g/mol. The van der Waals surface area contributed by atoms with Crippen LogP contribution >= 0.6 is 0 Å². The fraction of sp³-hybridized carbons (Fsp3) is 0.467. The molecule has 0 heterocycles. The highest BCUT2D eigenvalue weighted by Gasteiger charge is 2.26. The van der Waals surface area contributed by atoms with E-state index < -0.39 is 23.7 Å². The van der Waals surface area contributed by atoms with Gasteiger partial charge in [-0.3, -0.25) is 4.79 Å². The van der Waals surface area contributed by atoms with E-state index in [0.29, 0.717) is 6.42 Å². The molecule has 0 spiro atoms. The maximum atomic E-state index is 13.3. The molecule has 0 aromatic heterocycles. The van der Waals surface area contributed by atoms with Gasteiger partial charge >= 0.3 is 5.97 Å². The molecule has 0 aliphatic rings. The predicted molar refractivity (Wildman–Crippen MR) is 75.3 cm³/mol. The van der Waals surface area contributed by atoms with Gasteiger partial charge in [0.2, 0.25) is 0 Å². The predicted octanol–water partition coefficient (Wildman–Crippen LogP) is 1.91. The lowest BCUT2D eigenvalue weighted by atomic mass is 9.99. The molecule has 5 nitrogen and oxygen atoms in total. The Morgan fingerprint density at radius 2 is 2.00 bits per heavy atom. The second kappa shape index (κ2) is 8.24. The lowest BCUT2D eigenvalue weighted by Crippen LogP contribution is -2.47. The van der Waals surface area contributed by atoms with Crippen LogP contribution in [-0.4, -0.2) is 31.6 Å². The summed E-state index contributed by atoms with van der Waals surface area (Å²) in [6.45, 7) is 3.37. The van der Waals surface area contributed by atoms with Crippen molar-refractivity contribution < 1.29 is 23.5 Å². The first-order valence-electron chi connectivity index (χ1n) is 6.74. The van der Waals surface area contributed by atoms with Crippen molar-refractivity contribution in [3.8, 4) is 5.75 Å². The third-order valence-electron chi connectivity index (χ3n) is 3.18. The van der Waals surface area contributed by atoms with E-state index in [1.165, 1.54) is 25.3 Å². The molecule has 0 saturated carbocycles. The number of rotatable bonds is 7. The molecule has 116 valence electrons. The summed E-state index contributed by atoms with van der Waals surface area (Å²) in [4.78, 5) is 23.5. The fourth-order valence-corrected chi connectivity index (χ4v) is 1.72. The molecule has 2 atom stereocenters. The molecule has 1 aromatic carbocycles. The zero-order valence-corrected chi connectivity index (χ0v) is 12.4. The first-order valence-corrected chi connectivity index (χ1v) is 6.74. The molecule has 0 bridgehead atoms. The quantitative estimate of drug-likeness (QED) is 0.781. The fourth-order valence-electron chi connectivity index (χ4n) is 1.72. The van der Waals surface area contributed by atoms with Crippen molar-refractivity contribution in [2.75, 3.05) is 13.7 Å². The van der Waals surface area contributed by atoms with Crippen LogP contribution in [0.3, 0.4) is 0 Å². The van der Waals surface area contributed by atoms with Crippen LogP contribution in [0.2, 0.25) is 0 Å². The van der Waals surface area contributed by atoms with Gasteiger partial charge in [-0.15, -0.1) is 0 Å². The molecule has 21 heavy (non-hydrogen) atoms. The van der Waals surface area contributed by atoms with E-state index in [9.17, 15) is 14.0 Å². The third-order valence-corrected chi connectivity index (χ3v) is 3.18. The van der Waals surface area contributed by atoms with Crippen LogP contribution in [0.1, 0.15) is 20.3 Å². The van der Waals surface area contributed by atoms with Gasteiger partial charge in [0.1, 0.15) is 6.04 Å². The van der Waals surface area contributed by atoms with Gasteiger partial charge in [-0.25, -0.2) is 9.18 Å². The van der Waals surface area contributed by atoms with Gasteiger partial charge in [-0.1, -0.05) is 32.4 Å². The van der Waals surface area contributed by atoms with Gasteiger partial charge in [-0.2, -0.15) is 0 Å². The minimum Gasteiger partial charge on any atom is -0.481 e. The molecule has 1 aromatic rings. The van der Waals surface area contributed by atoms with Crippen molar-refractivity contribution in [2.45, 2.75) is 26.3 Å². The van der Waals surface area contributed by atoms with Crippen LogP contribution in [-0.2, 0) is 14.3 Å². The average Bonchev–Trinajstić information content (AvgIpc) is 2.50. The van der Waals surface area contributed by atoms with Crippen LogP contribution < -0.4 is 10.1 Å². The molecular formula is C15H20FNO4. The highest BCUT2D eigenvalue weighted by Crippen LogP contribution is 2.15.